The molecule has 0 saturated heterocycles. The minimum absolute atomic E-state index is 0.0204. The van der Waals surface area contributed by atoms with Crippen LogP contribution in [0.4, 0.5) is 10.1 Å². The number of para-hydroxylation sites is 1. The van der Waals surface area contributed by atoms with Crippen LogP contribution in [0.5, 0.6) is 5.75 Å². The minimum atomic E-state index is -0.504. The number of hydrogen-bond donors (Lipinski definition) is 2. The predicted molar refractivity (Wildman–Crippen MR) is 67.8 cm³/mol. The number of nitrogens with zero attached hydrogens (tertiary/aromatic N) is 1. The summed E-state index contributed by atoms with van der Waals surface area (Å²) in [6, 6.07) is 7.77. The van der Waals surface area contributed by atoms with Crippen LogP contribution in [-0.4, -0.2) is 4.98 Å². The second-order valence-corrected chi connectivity index (χ2v) is 3.93. The van der Waals surface area contributed by atoms with E-state index >= 15 is 0 Å². The number of pyridine rings is 1. The SMILES string of the molecule is NNc1ccnc(COc2c(F)cccc2Cl)c1. The summed E-state index contributed by atoms with van der Waals surface area (Å²) in [5, 5.41) is 0.225. The maximum atomic E-state index is 13.4. The Bertz CT molecular complexity index is 530. The lowest BCUT2D eigenvalue weighted by atomic mass is 10.3. The third kappa shape index (κ3) is 2.88. The molecule has 0 bridgehead atoms. The van der Waals surface area contributed by atoms with E-state index in [1.54, 1.807) is 24.4 Å². The summed E-state index contributed by atoms with van der Waals surface area (Å²) in [7, 11) is 0. The van der Waals surface area contributed by atoms with Crippen molar-refractivity contribution in [2.45, 2.75) is 6.61 Å². The minimum Gasteiger partial charge on any atom is -0.483 e. The van der Waals surface area contributed by atoms with E-state index in [-0.39, 0.29) is 17.4 Å². The highest BCUT2D eigenvalue weighted by atomic mass is 35.5. The highest BCUT2D eigenvalue weighted by molar-refractivity contribution is 6.32. The van der Waals surface area contributed by atoms with Gasteiger partial charge in [0.2, 0.25) is 0 Å². The van der Waals surface area contributed by atoms with Crippen LogP contribution in [0.1, 0.15) is 5.69 Å². The number of nitrogen functional groups attached to an aromatic ring is 1. The first-order valence-corrected chi connectivity index (χ1v) is 5.57. The largest absolute Gasteiger partial charge is 0.483 e. The number of hydrazine groups is 1. The van der Waals surface area contributed by atoms with Gasteiger partial charge < -0.3 is 10.2 Å². The van der Waals surface area contributed by atoms with Crippen molar-refractivity contribution in [2.24, 2.45) is 5.84 Å². The molecular weight excluding hydrogens is 257 g/mol. The third-order valence-corrected chi connectivity index (χ3v) is 2.56. The van der Waals surface area contributed by atoms with Crippen LogP contribution in [0, 0.1) is 5.82 Å². The molecule has 18 heavy (non-hydrogen) atoms. The maximum Gasteiger partial charge on any atom is 0.174 e. The Hall–Kier alpha value is -1.85. The molecule has 3 N–H and O–H groups in total. The molecule has 0 fully saturated rings. The molecule has 0 radical (unpaired) electrons. The molecule has 0 aliphatic carbocycles. The zero-order valence-corrected chi connectivity index (χ0v) is 10.1. The summed E-state index contributed by atoms with van der Waals surface area (Å²) < 4.78 is 18.8. The summed E-state index contributed by atoms with van der Waals surface area (Å²) in [5.74, 6) is 4.79. The quantitative estimate of drug-likeness (QED) is 0.661. The lowest BCUT2D eigenvalue weighted by Gasteiger charge is -2.09. The van der Waals surface area contributed by atoms with Gasteiger partial charge in [0.05, 0.1) is 16.4 Å². The van der Waals surface area contributed by atoms with Gasteiger partial charge in [-0.1, -0.05) is 17.7 Å². The van der Waals surface area contributed by atoms with Crippen molar-refractivity contribution < 1.29 is 9.13 Å². The van der Waals surface area contributed by atoms with E-state index in [1.165, 1.54) is 12.1 Å². The molecule has 0 amide bonds. The second kappa shape index (κ2) is 5.66. The number of anilines is 1. The van der Waals surface area contributed by atoms with Crippen molar-refractivity contribution in [3.8, 4) is 5.75 Å². The standard InChI is InChI=1S/C12H11ClFN3O/c13-10-2-1-3-11(14)12(10)18-7-9-6-8(17-15)4-5-16-9/h1-6H,7,15H2,(H,16,17). The van der Waals surface area contributed by atoms with Crippen molar-refractivity contribution >= 4 is 17.3 Å². The lowest BCUT2D eigenvalue weighted by molar-refractivity contribution is 0.286. The van der Waals surface area contributed by atoms with Gasteiger partial charge in [0.1, 0.15) is 6.61 Å². The fraction of sp³-hybridized carbons (Fsp3) is 0.0833. The molecule has 1 heterocycles. The first-order chi connectivity index (χ1) is 8.70. The monoisotopic (exact) mass is 267 g/mol. The smallest absolute Gasteiger partial charge is 0.174 e. The van der Waals surface area contributed by atoms with Gasteiger partial charge in [-0.05, 0) is 24.3 Å². The van der Waals surface area contributed by atoms with Crippen molar-refractivity contribution in [2.75, 3.05) is 5.43 Å². The van der Waals surface area contributed by atoms with E-state index < -0.39 is 5.82 Å². The molecule has 0 aliphatic rings. The molecule has 0 spiro atoms. The highest BCUT2D eigenvalue weighted by Gasteiger charge is 2.08. The van der Waals surface area contributed by atoms with Gasteiger partial charge in [-0.2, -0.15) is 0 Å². The number of nitrogens with one attached hydrogen (secondary N) is 1. The second-order valence-electron chi connectivity index (χ2n) is 3.52. The van der Waals surface area contributed by atoms with Crippen LogP contribution < -0.4 is 16.0 Å². The molecule has 0 atom stereocenters. The van der Waals surface area contributed by atoms with E-state index in [1.807, 2.05) is 0 Å². The summed E-state index contributed by atoms with van der Waals surface area (Å²) in [6.45, 7) is 0.107. The first-order valence-electron chi connectivity index (χ1n) is 5.19. The molecule has 2 rings (SSSR count). The van der Waals surface area contributed by atoms with Crippen LogP contribution in [-0.2, 0) is 6.61 Å². The molecular formula is C12H11ClFN3O. The zero-order valence-electron chi connectivity index (χ0n) is 9.36. The van der Waals surface area contributed by atoms with Gasteiger partial charge in [-0.25, -0.2) is 4.39 Å². The summed E-state index contributed by atoms with van der Waals surface area (Å²) >= 11 is 5.84. The van der Waals surface area contributed by atoms with Gasteiger partial charge in [-0.15, -0.1) is 0 Å². The number of ether oxygens (including phenoxy) is 1. The number of nitrogens with two attached hydrogens (primary N) is 1. The highest BCUT2D eigenvalue weighted by Crippen LogP contribution is 2.27. The Labute approximate surface area is 109 Å². The third-order valence-electron chi connectivity index (χ3n) is 2.27. The molecule has 0 saturated carbocycles. The van der Waals surface area contributed by atoms with Crippen molar-refractivity contribution in [1.29, 1.82) is 0 Å². The number of aromatic nitrogens is 1. The predicted octanol–water partition coefficient (Wildman–Crippen LogP) is 2.74. The molecule has 6 heteroatoms. The van der Waals surface area contributed by atoms with E-state index in [0.29, 0.717) is 11.4 Å². The van der Waals surface area contributed by atoms with Crippen LogP contribution in [0.3, 0.4) is 0 Å². The fourth-order valence-corrected chi connectivity index (χ4v) is 1.63. The van der Waals surface area contributed by atoms with Crippen molar-refractivity contribution in [3.63, 3.8) is 0 Å². The van der Waals surface area contributed by atoms with Crippen LogP contribution >= 0.6 is 11.6 Å². The number of benzene rings is 1. The Morgan fingerprint density at radius 2 is 2.22 bits per heavy atom. The molecule has 94 valence electrons. The molecule has 0 aliphatic heterocycles. The Morgan fingerprint density at radius 1 is 1.39 bits per heavy atom. The number of rotatable bonds is 4. The summed E-state index contributed by atoms with van der Waals surface area (Å²) in [4.78, 5) is 4.08. The molecule has 1 aromatic carbocycles. The van der Waals surface area contributed by atoms with E-state index in [2.05, 4.69) is 10.4 Å². The number of halogens is 2. The molecule has 4 nitrogen and oxygen atoms in total. The number of hydrogen-bond acceptors (Lipinski definition) is 4. The van der Waals surface area contributed by atoms with E-state index in [4.69, 9.17) is 22.2 Å². The Balaban J connectivity index is 2.11. The Morgan fingerprint density at radius 3 is 2.94 bits per heavy atom. The lowest BCUT2D eigenvalue weighted by Crippen LogP contribution is -2.08. The fourth-order valence-electron chi connectivity index (χ4n) is 1.41. The van der Waals surface area contributed by atoms with Crippen molar-refractivity contribution in [1.82, 2.24) is 4.98 Å². The molecule has 0 unspecified atom stereocenters. The Kier molecular flexibility index (Phi) is 3.96. The van der Waals surface area contributed by atoms with Gasteiger partial charge in [-0.3, -0.25) is 10.8 Å². The topological polar surface area (TPSA) is 60.2 Å². The normalized spacial score (nSPS) is 10.2. The van der Waals surface area contributed by atoms with Gasteiger partial charge in [0.25, 0.3) is 0 Å². The maximum absolute atomic E-state index is 13.4. The van der Waals surface area contributed by atoms with Crippen molar-refractivity contribution in [3.05, 3.63) is 53.1 Å². The van der Waals surface area contributed by atoms with Gasteiger partial charge in [0, 0.05) is 6.20 Å². The van der Waals surface area contributed by atoms with Gasteiger partial charge >= 0.3 is 0 Å². The van der Waals surface area contributed by atoms with E-state index in [9.17, 15) is 4.39 Å². The van der Waals surface area contributed by atoms with Gasteiger partial charge in [0.15, 0.2) is 11.6 Å². The molecule has 2 aromatic rings. The van der Waals surface area contributed by atoms with Crippen LogP contribution in [0.25, 0.3) is 0 Å². The summed E-state index contributed by atoms with van der Waals surface area (Å²) in [5.41, 5.74) is 3.81. The molecule has 1 aromatic heterocycles. The first kappa shape index (κ1) is 12.6. The average molecular weight is 268 g/mol. The van der Waals surface area contributed by atoms with Crippen LogP contribution in [0.15, 0.2) is 36.5 Å². The average Bonchev–Trinajstić information content (AvgIpc) is 2.38. The van der Waals surface area contributed by atoms with E-state index in [0.717, 1.165) is 0 Å². The summed E-state index contributed by atoms with van der Waals surface area (Å²) in [6.07, 6.45) is 1.58. The zero-order chi connectivity index (χ0) is 13.0. The van der Waals surface area contributed by atoms with Crippen LogP contribution in [0.2, 0.25) is 5.02 Å².